The summed E-state index contributed by atoms with van der Waals surface area (Å²) in [4.78, 5) is 4.95. The van der Waals surface area contributed by atoms with Gasteiger partial charge < -0.3 is 5.73 Å². The second-order valence-electron chi connectivity index (χ2n) is 2.95. The highest BCUT2D eigenvalue weighted by Crippen LogP contribution is 2.30. The van der Waals surface area contributed by atoms with E-state index in [9.17, 15) is 4.39 Å². The molecule has 0 fully saturated rings. The van der Waals surface area contributed by atoms with Gasteiger partial charge in [-0.1, -0.05) is 23.7 Å². The predicted octanol–water partition coefficient (Wildman–Crippen LogP) is 3.06. The van der Waals surface area contributed by atoms with E-state index in [1.165, 1.54) is 23.5 Å². The predicted molar refractivity (Wildman–Crippen MR) is 60.4 cm³/mol. The number of nitrogens with two attached hydrogens (primary N) is 1. The third-order valence-electron chi connectivity index (χ3n) is 1.91. The number of aromatic nitrogens is 1. The van der Waals surface area contributed by atoms with E-state index in [0.717, 1.165) is 10.4 Å². The van der Waals surface area contributed by atoms with Gasteiger partial charge in [0.1, 0.15) is 16.0 Å². The van der Waals surface area contributed by atoms with Gasteiger partial charge in [0.05, 0.1) is 4.88 Å². The summed E-state index contributed by atoms with van der Waals surface area (Å²) >= 11 is 7.25. The van der Waals surface area contributed by atoms with Gasteiger partial charge in [0, 0.05) is 12.1 Å². The Bertz CT molecular complexity index is 484. The number of nitrogens with zero attached hydrogens (tertiary/aromatic N) is 1. The Morgan fingerprint density at radius 2 is 2.27 bits per heavy atom. The van der Waals surface area contributed by atoms with Crippen molar-refractivity contribution in [2.24, 2.45) is 5.73 Å². The van der Waals surface area contributed by atoms with Crippen LogP contribution in [-0.2, 0) is 6.54 Å². The van der Waals surface area contributed by atoms with E-state index in [1.807, 2.05) is 0 Å². The molecule has 2 rings (SSSR count). The Morgan fingerprint density at radius 3 is 2.87 bits per heavy atom. The first kappa shape index (κ1) is 10.5. The molecule has 0 aliphatic rings. The Hall–Kier alpha value is -0.970. The fraction of sp³-hybridized carbons (Fsp3) is 0.100. The van der Waals surface area contributed by atoms with Crippen molar-refractivity contribution in [2.75, 3.05) is 0 Å². The fourth-order valence-corrected chi connectivity index (χ4v) is 2.36. The highest BCUT2D eigenvalue weighted by atomic mass is 35.5. The molecule has 0 atom stereocenters. The molecule has 0 aliphatic carbocycles. The van der Waals surface area contributed by atoms with Crippen molar-refractivity contribution in [3.8, 4) is 10.6 Å². The summed E-state index contributed by atoms with van der Waals surface area (Å²) in [5, 5.41) is 1.10. The van der Waals surface area contributed by atoms with Crippen LogP contribution in [0.3, 0.4) is 0 Å². The molecule has 1 aromatic heterocycles. The third kappa shape index (κ3) is 2.17. The quantitative estimate of drug-likeness (QED) is 0.879. The number of hydrogen-bond donors (Lipinski definition) is 1. The van der Waals surface area contributed by atoms with Crippen LogP contribution in [0.1, 0.15) is 4.88 Å². The lowest BCUT2D eigenvalue weighted by molar-refractivity contribution is 0.628. The molecule has 15 heavy (non-hydrogen) atoms. The summed E-state index contributed by atoms with van der Waals surface area (Å²) in [6.45, 7) is 0.353. The minimum absolute atomic E-state index is 0.284. The Labute approximate surface area is 95.5 Å². The van der Waals surface area contributed by atoms with Crippen molar-refractivity contribution in [3.63, 3.8) is 0 Å². The minimum atomic E-state index is -0.284. The molecule has 0 amide bonds. The van der Waals surface area contributed by atoms with E-state index in [0.29, 0.717) is 16.7 Å². The van der Waals surface area contributed by atoms with E-state index in [-0.39, 0.29) is 5.82 Å². The molecule has 5 heteroatoms. The number of thiazole rings is 1. The maximum atomic E-state index is 13.0. The number of benzene rings is 1. The summed E-state index contributed by atoms with van der Waals surface area (Å²) in [7, 11) is 0. The lowest BCUT2D eigenvalue weighted by Crippen LogP contribution is -1.92. The summed E-state index contributed by atoms with van der Waals surface area (Å²) in [5.74, 6) is -0.284. The first-order chi connectivity index (χ1) is 7.20. The maximum Gasteiger partial charge on any atom is 0.145 e. The zero-order chi connectivity index (χ0) is 10.8. The van der Waals surface area contributed by atoms with Gasteiger partial charge in [0.2, 0.25) is 0 Å². The fourth-order valence-electron chi connectivity index (χ4n) is 1.20. The monoisotopic (exact) mass is 242 g/mol. The molecule has 0 saturated heterocycles. The molecule has 2 N–H and O–H groups in total. The van der Waals surface area contributed by atoms with Crippen molar-refractivity contribution in [2.45, 2.75) is 6.54 Å². The van der Waals surface area contributed by atoms with Gasteiger partial charge >= 0.3 is 0 Å². The van der Waals surface area contributed by atoms with E-state index in [2.05, 4.69) is 4.98 Å². The Balaban J connectivity index is 2.45. The largest absolute Gasteiger partial charge is 0.326 e. The molecule has 0 aliphatic heterocycles. The van der Waals surface area contributed by atoms with Gasteiger partial charge in [-0.2, -0.15) is 0 Å². The molecule has 0 saturated carbocycles. The molecular formula is C10H8ClFN2S. The van der Waals surface area contributed by atoms with Crippen LogP contribution in [-0.4, -0.2) is 4.98 Å². The summed E-state index contributed by atoms with van der Waals surface area (Å²) in [6, 6.07) is 6.25. The third-order valence-corrected chi connectivity index (χ3v) is 3.46. The normalized spacial score (nSPS) is 10.6. The van der Waals surface area contributed by atoms with Crippen molar-refractivity contribution in [3.05, 3.63) is 40.1 Å². The number of rotatable bonds is 2. The zero-order valence-corrected chi connectivity index (χ0v) is 9.28. The summed E-state index contributed by atoms with van der Waals surface area (Å²) in [5.41, 5.74) is 6.21. The van der Waals surface area contributed by atoms with Crippen LogP contribution in [0.5, 0.6) is 0 Å². The van der Waals surface area contributed by atoms with Gasteiger partial charge in [0.25, 0.3) is 0 Å². The number of halogens is 2. The van der Waals surface area contributed by atoms with Gasteiger partial charge in [-0.15, -0.1) is 11.3 Å². The average molecular weight is 243 g/mol. The van der Waals surface area contributed by atoms with Gasteiger partial charge in [-0.25, -0.2) is 9.37 Å². The van der Waals surface area contributed by atoms with Crippen LogP contribution < -0.4 is 5.73 Å². The second kappa shape index (κ2) is 4.26. The van der Waals surface area contributed by atoms with Crippen molar-refractivity contribution < 1.29 is 4.39 Å². The van der Waals surface area contributed by atoms with E-state index >= 15 is 0 Å². The van der Waals surface area contributed by atoms with Crippen LogP contribution >= 0.6 is 22.9 Å². The topological polar surface area (TPSA) is 38.9 Å². The lowest BCUT2D eigenvalue weighted by Gasteiger charge is -1.94. The molecule has 0 radical (unpaired) electrons. The van der Waals surface area contributed by atoms with E-state index in [4.69, 9.17) is 17.3 Å². The molecule has 2 aromatic rings. The van der Waals surface area contributed by atoms with Gasteiger partial charge in [-0.05, 0) is 12.1 Å². The molecule has 1 aromatic carbocycles. The Morgan fingerprint density at radius 1 is 1.47 bits per heavy atom. The number of hydrogen-bond acceptors (Lipinski definition) is 3. The van der Waals surface area contributed by atoms with Crippen LogP contribution in [0.15, 0.2) is 24.3 Å². The molecule has 78 valence electrons. The second-order valence-corrected chi connectivity index (χ2v) is 4.39. The van der Waals surface area contributed by atoms with Crippen molar-refractivity contribution >= 4 is 22.9 Å². The lowest BCUT2D eigenvalue weighted by atomic mass is 10.2. The first-order valence-corrected chi connectivity index (χ1v) is 5.51. The summed E-state index contributed by atoms with van der Waals surface area (Å²) < 4.78 is 13.0. The average Bonchev–Trinajstić information content (AvgIpc) is 2.60. The Kier molecular flexibility index (Phi) is 3.00. The SMILES string of the molecule is NCc1sc(-c2cccc(F)c2)nc1Cl. The highest BCUT2D eigenvalue weighted by Gasteiger charge is 2.09. The van der Waals surface area contributed by atoms with Crippen molar-refractivity contribution in [1.82, 2.24) is 4.98 Å². The van der Waals surface area contributed by atoms with Gasteiger partial charge in [-0.3, -0.25) is 0 Å². The van der Waals surface area contributed by atoms with Crippen molar-refractivity contribution in [1.29, 1.82) is 0 Å². The van der Waals surface area contributed by atoms with E-state index in [1.54, 1.807) is 12.1 Å². The standard InChI is InChI=1S/C10H8ClFN2S/c11-9-8(5-13)15-10(14-9)6-2-1-3-7(12)4-6/h1-4H,5,13H2. The molecule has 0 bridgehead atoms. The minimum Gasteiger partial charge on any atom is -0.326 e. The molecule has 1 heterocycles. The highest BCUT2D eigenvalue weighted by molar-refractivity contribution is 7.15. The first-order valence-electron chi connectivity index (χ1n) is 4.32. The van der Waals surface area contributed by atoms with Crippen LogP contribution in [0.25, 0.3) is 10.6 Å². The molecule has 0 spiro atoms. The molecular weight excluding hydrogens is 235 g/mol. The van der Waals surface area contributed by atoms with E-state index < -0.39 is 0 Å². The molecule has 0 unspecified atom stereocenters. The van der Waals surface area contributed by atoms with Crippen LogP contribution in [0.4, 0.5) is 4.39 Å². The maximum absolute atomic E-state index is 13.0. The zero-order valence-electron chi connectivity index (χ0n) is 7.71. The van der Waals surface area contributed by atoms with Crippen LogP contribution in [0.2, 0.25) is 5.15 Å². The molecule has 2 nitrogen and oxygen atoms in total. The van der Waals surface area contributed by atoms with Gasteiger partial charge in [0.15, 0.2) is 0 Å². The smallest absolute Gasteiger partial charge is 0.145 e. The van der Waals surface area contributed by atoms with Crippen LogP contribution in [0, 0.1) is 5.82 Å². The summed E-state index contributed by atoms with van der Waals surface area (Å²) in [6.07, 6.45) is 0.